The maximum atomic E-state index is 13.6. The minimum atomic E-state index is -0.270. The van der Waals surface area contributed by atoms with E-state index in [2.05, 4.69) is 15.0 Å². The van der Waals surface area contributed by atoms with Crippen LogP contribution in [0.4, 0.5) is 4.39 Å². The monoisotopic (exact) mass is 239 g/mol. The molecule has 0 atom stereocenters. The van der Waals surface area contributed by atoms with E-state index in [0.717, 1.165) is 5.69 Å². The van der Waals surface area contributed by atoms with Gasteiger partial charge in [0.05, 0.1) is 11.9 Å². The highest BCUT2D eigenvalue weighted by Crippen LogP contribution is 2.22. The average Bonchev–Trinajstić information content (AvgIpc) is 2.90. The van der Waals surface area contributed by atoms with E-state index in [9.17, 15) is 4.39 Å². The van der Waals surface area contributed by atoms with Crippen LogP contribution in [0.5, 0.6) is 0 Å². The first-order valence-corrected chi connectivity index (χ1v) is 5.56. The number of rotatable bonds is 2. The normalized spacial score (nSPS) is 10.5. The van der Waals surface area contributed by atoms with Gasteiger partial charge in [-0.2, -0.15) is 0 Å². The molecule has 0 aliphatic heterocycles. The summed E-state index contributed by atoms with van der Waals surface area (Å²) in [5, 5.41) is 0. The van der Waals surface area contributed by atoms with Crippen LogP contribution in [0.3, 0.4) is 0 Å². The van der Waals surface area contributed by atoms with Gasteiger partial charge in [0.2, 0.25) is 0 Å². The molecular formula is C14H10FN3. The lowest BCUT2D eigenvalue weighted by Crippen LogP contribution is -1.85. The van der Waals surface area contributed by atoms with E-state index >= 15 is 0 Å². The van der Waals surface area contributed by atoms with Crippen molar-refractivity contribution < 1.29 is 4.39 Å². The van der Waals surface area contributed by atoms with Gasteiger partial charge in [-0.15, -0.1) is 0 Å². The Hall–Kier alpha value is -2.49. The van der Waals surface area contributed by atoms with Gasteiger partial charge in [-0.3, -0.25) is 4.98 Å². The average molecular weight is 239 g/mol. The molecule has 4 heteroatoms. The molecule has 3 rings (SSSR count). The number of benzene rings is 1. The lowest BCUT2D eigenvalue weighted by molar-refractivity contribution is 0.631. The van der Waals surface area contributed by atoms with Gasteiger partial charge in [0, 0.05) is 11.8 Å². The highest BCUT2D eigenvalue weighted by atomic mass is 19.1. The van der Waals surface area contributed by atoms with Crippen molar-refractivity contribution in [2.24, 2.45) is 0 Å². The number of H-pyrrole nitrogens is 1. The molecule has 0 fully saturated rings. The number of hydrogen-bond acceptors (Lipinski definition) is 2. The second-order valence-electron chi connectivity index (χ2n) is 3.84. The van der Waals surface area contributed by atoms with E-state index in [0.29, 0.717) is 17.1 Å². The fraction of sp³-hybridized carbons (Fsp3) is 0. The molecule has 88 valence electrons. The maximum Gasteiger partial charge on any atom is 0.156 e. The van der Waals surface area contributed by atoms with Gasteiger partial charge in [-0.05, 0) is 24.3 Å². The van der Waals surface area contributed by atoms with Crippen LogP contribution in [0, 0.1) is 5.82 Å². The first kappa shape index (κ1) is 10.7. The summed E-state index contributed by atoms with van der Waals surface area (Å²) in [5.41, 5.74) is 1.89. The third-order valence-electron chi connectivity index (χ3n) is 2.65. The summed E-state index contributed by atoms with van der Waals surface area (Å²) >= 11 is 0. The van der Waals surface area contributed by atoms with Crippen molar-refractivity contribution in [1.29, 1.82) is 0 Å². The summed E-state index contributed by atoms with van der Waals surface area (Å²) in [7, 11) is 0. The van der Waals surface area contributed by atoms with E-state index in [1.807, 2.05) is 18.2 Å². The third-order valence-corrected chi connectivity index (χ3v) is 2.65. The zero-order valence-electron chi connectivity index (χ0n) is 9.47. The summed E-state index contributed by atoms with van der Waals surface area (Å²) in [4.78, 5) is 11.5. The molecule has 3 nitrogen and oxygen atoms in total. The Morgan fingerprint density at radius 3 is 2.56 bits per heavy atom. The van der Waals surface area contributed by atoms with Crippen LogP contribution in [-0.4, -0.2) is 15.0 Å². The van der Waals surface area contributed by atoms with E-state index in [1.54, 1.807) is 30.6 Å². The molecule has 0 amide bonds. The molecule has 0 spiro atoms. The molecule has 2 aromatic heterocycles. The third kappa shape index (κ3) is 1.88. The summed E-state index contributed by atoms with van der Waals surface area (Å²) < 4.78 is 13.6. The van der Waals surface area contributed by atoms with Crippen LogP contribution >= 0.6 is 0 Å². The zero-order valence-corrected chi connectivity index (χ0v) is 9.47. The quantitative estimate of drug-likeness (QED) is 0.745. The number of aromatic amines is 1. The van der Waals surface area contributed by atoms with Crippen LogP contribution in [0.15, 0.2) is 54.9 Å². The van der Waals surface area contributed by atoms with Gasteiger partial charge in [-0.25, -0.2) is 9.37 Å². The van der Waals surface area contributed by atoms with Gasteiger partial charge in [0.15, 0.2) is 5.82 Å². The fourth-order valence-electron chi connectivity index (χ4n) is 1.77. The molecule has 0 aliphatic carbocycles. The van der Waals surface area contributed by atoms with Crippen LogP contribution in [0.1, 0.15) is 0 Å². The predicted octanol–water partition coefficient (Wildman–Crippen LogP) is 3.28. The highest BCUT2D eigenvalue weighted by Gasteiger charge is 2.08. The number of hydrogen-bond donors (Lipinski definition) is 1. The van der Waals surface area contributed by atoms with Crippen LogP contribution in [0.2, 0.25) is 0 Å². The van der Waals surface area contributed by atoms with Gasteiger partial charge in [0.1, 0.15) is 11.5 Å². The molecule has 0 saturated carbocycles. The predicted molar refractivity (Wildman–Crippen MR) is 67.2 cm³/mol. The molecule has 3 aromatic rings. The molecule has 2 heterocycles. The maximum absolute atomic E-state index is 13.6. The first-order valence-electron chi connectivity index (χ1n) is 5.56. The van der Waals surface area contributed by atoms with E-state index < -0.39 is 0 Å². The standard InChI is InChI=1S/C14H10FN3/c15-11-6-2-1-5-10(11)13-9-17-14(18-13)12-7-3-4-8-16-12/h1-9H,(H,17,18). The van der Waals surface area contributed by atoms with Crippen LogP contribution in [0.25, 0.3) is 22.8 Å². The first-order chi connectivity index (χ1) is 8.84. The Kier molecular flexibility index (Phi) is 2.61. The van der Waals surface area contributed by atoms with Crippen molar-refractivity contribution in [3.63, 3.8) is 0 Å². The number of nitrogens with one attached hydrogen (secondary N) is 1. The Morgan fingerprint density at radius 1 is 0.944 bits per heavy atom. The number of imidazole rings is 1. The van der Waals surface area contributed by atoms with Crippen molar-refractivity contribution in [2.75, 3.05) is 0 Å². The Morgan fingerprint density at radius 2 is 1.78 bits per heavy atom. The molecule has 0 saturated heterocycles. The molecule has 0 unspecified atom stereocenters. The topological polar surface area (TPSA) is 41.6 Å². The molecular weight excluding hydrogens is 229 g/mol. The zero-order chi connectivity index (χ0) is 12.4. The Bertz CT molecular complexity index is 662. The number of pyridine rings is 1. The van der Waals surface area contributed by atoms with E-state index in [-0.39, 0.29) is 5.82 Å². The van der Waals surface area contributed by atoms with Gasteiger partial charge in [-0.1, -0.05) is 18.2 Å². The minimum Gasteiger partial charge on any atom is -0.337 e. The highest BCUT2D eigenvalue weighted by molar-refractivity contribution is 5.63. The summed E-state index contributed by atoms with van der Waals surface area (Å²) in [5.74, 6) is 0.363. The van der Waals surface area contributed by atoms with E-state index in [1.165, 1.54) is 6.07 Å². The van der Waals surface area contributed by atoms with Gasteiger partial charge >= 0.3 is 0 Å². The Labute approximate surface area is 103 Å². The largest absolute Gasteiger partial charge is 0.337 e. The minimum absolute atomic E-state index is 0.270. The number of nitrogens with zero attached hydrogens (tertiary/aromatic N) is 2. The summed E-state index contributed by atoms with van der Waals surface area (Å²) in [6, 6.07) is 12.2. The molecule has 18 heavy (non-hydrogen) atoms. The van der Waals surface area contributed by atoms with Crippen molar-refractivity contribution >= 4 is 0 Å². The summed E-state index contributed by atoms with van der Waals surface area (Å²) in [6.07, 6.45) is 3.31. The SMILES string of the molecule is Fc1ccccc1-c1cnc(-c2ccccn2)[nH]1. The molecule has 1 N–H and O–H groups in total. The molecule has 0 bridgehead atoms. The fourth-order valence-corrected chi connectivity index (χ4v) is 1.77. The van der Waals surface area contributed by atoms with Gasteiger partial charge in [0.25, 0.3) is 0 Å². The van der Waals surface area contributed by atoms with Crippen molar-refractivity contribution in [3.8, 4) is 22.8 Å². The van der Waals surface area contributed by atoms with Crippen LogP contribution < -0.4 is 0 Å². The second kappa shape index (κ2) is 4.41. The van der Waals surface area contributed by atoms with Crippen molar-refractivity contribution in [3.05, 3.63) is 60.7 Å². The molecule has 0 radical (unpaired) electrons. The molecule has 1 aromatic carbocycles. The Balaban J connectivity index is 2.03. The van der Waals surface area contributed by atoms with E-state index in [4.69, 9.17) is 0 Å². The summed E-state index contributed by atoms with van der Waals surface area (Å²) in [6.45, 7) is 0. The molecule has 0 aliphatic rings. The smallest absolute Gasteiger partial charge is 0.156 e. The van der Waals surface area contributed by atoms with Crippen molar-refractivity contribution in [1.82, 2.24) is 15.0 Å². The van der Waals surface area contributed by atoms with Crippen molar-refractivity contribution in [2.45, 2.75) is 0 Å². The van der Waals surface area contributed by atoms with Crippen LogP contribution in [-0.2, 0) is 0 Å². The number of aromatic nitrogens is 3. The number of halogens is 1. The lowest BCUT2D eigenvalue weighted by Gasteiger charge is -1.98. The van der Waals surface area contributed by atoms with Gasteiger partial charge < -0.3 is 4.98 Å². The lowest BCUT2D eigenvalue weighted by atomic mass is 10.1. The second-order valence-corrected chi connectivity index (χ2v) is 3.84.